The molecule has 2 heteroatoms. The van der Waals surface area contributed by atoms with Crippen LogP contribution >= 0.6 is 11.8 Å². The van der Waals surface area contributed by atoms with Crippen LogP contribution in [-0.2, 0) is 0 Å². The second-order valence-electron chi connectivity index (χ2n) is 2.58. The highest BCUT2D eigenvalue weighted by Crippen LogP contribution is 2.03. The average molecular weight is 171 g/mol. The second kappa shape index (κ2) is 6.57. The third kappa shape index (κ3) is 5.17. The van der Waals surface area contributed by atoms with Crippen LogP contribution in [0.15, 0.2) is 0 Å². The summed E-state index contributed by atoms with van der Waals surface area (Å²) in [5.74, 6) is 2.71. The molecule has 0 rings (SSSR count). The van der Waals surface area contributed by atoms with Gasteiger partial charge in [0.1, 0.15) is 0 Å². The van der Waals surface area contributed by atoms with Gasteiger partial charge < -0.3 is 5.32 Å². The topological polar surface area (TPSA) is 12.0 Å². The molecular formula is C9H17NS. The Hall–Kier alpha value is -0.130. The predicted molar refractivity (Wildman–Crippen MR) is 53.9 cm³/mol. The van der Waals surface area contributed by atoms with Crippen molar-refractivity contribution in [3.63, 3.8) is 0 Å². The van der Waals surface area contributed by atoms with Crippen LogP contribution in [0.3, 0.4) is 0 Å². The van der Waals surface area contributed by atoms with E-state index in [1.807, 2.05) is 11.8 Å². The van der Waals surface area contributed by atoms with Crippen LogP contribution in [0.1, 0.15) is 20.3 Å². The summed E-state index contributed by atoms with van der Waals surface area (Å²) in [5, 5.41) is 3.96. The minimum atomic E-state index is 0.254. The lowest BCUT2D eigenvalue weighted by Crippen LogP contribution is -2.31. The van der Waals surface area contributed by atoms with Crippen molar-refractivity contribution in [2.75, 3.05) is 12.8 Å². The van der Waals surface area contributed by atoms with Crippen molar-refractivity contribution in [1.29, 1.82) is 0 Å². The summed E-state index contributed by atoms with van der Waals surface area (Å²) in [5.41, 5.74) is 0. The number of rotatable bonds is 5. The number of thioether (sulfide) groups is 1. The van der Waals surface area contributed by atoms with Crippen LogP contribution in [0.2, 0.25) is 0 Å². The highest BCUT2D eigenvalue weighted by atomic mass is 32.2. The Bertz CT molecular complexity index is 128. The van der Waals surface area contributed by atoms with Gasteiger partial charge in [-0.15, -0.1) is 6.42 Å². The minimum absolute atomic E-state index is 0.254. The maximum Gasteiger partial charge on any atom is 0.0684 e. The molecule has 0 spiro atoms. The van der Waals surface area contributed by atoms with Gasteiger partial charge in [-0.25, -0.2) is 0 Å². The van der Waals surface area contributed by atoms with Gasteiger partial charge in [-0.05, 0) is 12.7 Å². The Morgan fingerprint density at radius 1 is 1.64 bits per heavy atom. The van der Waals surface area contributed by atoms with Gasteiger partial charge in [-0.2, -0.15) is 11.8 Å². The molecule has 0 saturated carbocycles. The summed E-state index contributed by atoms with van der Waals surface area (Å²) in [7, 11) is 0. The summed E-state index contributed by atoms with van der Waals surface area (Å²) in [4.78, 5) is 0. The van der Waals surface area contributed by atoms with Crippen LogP contribution in [0.4, 0.5) is 0 Å². The van der Waals surface area contributed by atoms with Crippen molar-refractivity contribution in [3.8, 4) is 12.3 Å². The summed E-state index contributed by atoms with van der Waals surface area (Å²) in [6.07, 6.45) is 8.42. The first-order chi connectivity index (χ1) is 5.24. The molecule has 0 heterocycles. The Balaban J connectivity index is 3.44. The van der Waals surface area contributed by atoms with Gasteiger partial charge in [-0.1, -0.05) is 19.8 Å². The lowest BCUT2D eigenvalue weighted by atomic mass is 10.2. The second-order valence-corrected chi connectivity index (χ2v) is 3.86. The molecule has 0 aromatic carbocycles. The lowest BCUT2D eigenvalue weighted by molar-refractivity contribution is 0.593. The third-order valence-corrected chi connectivity index (χ3v) is 2.63. The van der Waals surface area contributed by atoms with Gasteiger partial charge >= 0.3 is 0 Å². The van der Waals surface area contributed by atoms with Gasteiger partial charge in [0.05, 0.1) is 6.04 Å². The number of hydrogen-bond acceptors (Lipinski definition) is 2. The van der Waals surface area contributed by atoms with Crippen LogP contribution < -0.4 is 5.32 Å². The van der Waals surface area contributed by atoms with Crippen molar-refractivity contribution in [2.24, 2.45) is 0 Å². The molecule has 1 nitrogen and oxygen atoms in total. The molecule has 0 aliphatic heterocycles. The predicted octanol–water partition coefficient (Wildman–Crippen LogP) is 1.74. The molecule has 11 heavy (non-hydrogen) atoms. The summed E-state index contributed by atoms with van der Waals surface area (Å²) in [6.45, 7) is 5.30. The van der Waals surface area contributed by atoms with E-state index in [1.54, 1.807) is 0 Å². The molecule has 2 atom stereocenters. The van der Waals surface area contributed by atoms with Gasteiger partial charge in [0.15, 0.2) is 0 Å². The maximum atomic E-state index is 5.29. The molecule has 64 valence electrons. The zero-order valence-corrected chi connectivity index (χ0v) is 8.37. The van der Waals surface area contributed by atoms with E-state index in [9.17, 15) is 0 Å². The van der Waals surface area contributed by atoms with Crippen molar-refractivity contribution >= 4 is 11.8 Å². The Labute approximate surface area is 74.3 Å². The van der Waals surface area contributed by atoms with Gasteiger partial charge in [0.25, 0.3) is 0 Å². The minimum Gasteiger partial charge on any atom is -0.303 e. The fourth-order valence-electron chi connectivity index (χ4n) is 0.713. The molecule has 0 saturated heterocycles. The van der Waals surface area contributed by atoms with Gasteiger partial charge in [-0.3, -0.25) is 0 Å². The maximum absolute atomic E-state index is 5.29. The van der Waals surface area contributed by atoms with Crippen LogP contribution in [0, 0.1) is 12.3 Å². The molecule has 0 aromatic heterocycles. The Morgan fingerprint density at radius 2 is 2.27 bits per heavy atom. The van der Waals surface area contributed by atoms with Crippen molar-refractivity contribution in [1.82, 2.24) is 5.32 Å². The van der Waals surface area contributed by atoms with E-state index in [4.69, 9.17) is 6.42 Å². The number of terminal acetylenes is 1. The van der Waals surface area contributed by atoms with E-state index in [1.165, 1.54) is 0 Å². The molecule has 0 radical (unpaired) electrons. The lowest BCUT2D eigenvalue weighted by Gasteiger charge is -2.13. The monoisotopic (exact) mass is 171 g/mol. The van der Waals surface area contributed by atoms with E-state index in [2.05, 4.69) is 31.3 Å². The zero-order valence-electron chi connectivity index (χ0n) is 7.55. The van der Waals surface area contributed by atoms with Crippen LogP contribution in [0.25, 0.3) is 0 Å². The van der Waals surface area contributed by atoms with E-state index in [-0.39, 0.29) is 6.04 Å². The normalized spacial score (nSPS) is 15.5. The summed E-state index contributed by atoms with van der Waals surface area (Å²) < 4.78 is 0. The molecule has 0 aromatic rings. The standard InChI is InChI=1S/C9H17NS/c1-5-9(6-2)10-7-8(3)11-4/h1,8-10H,6-7H2,2-4H3. The van der Waals surface area contributed by atoms with E-state index < -0.39 is 0 Å². The molecule has 0 fully saturated rings. The SMILES string of the molecule is C#CC(CC)NCC(C)SC. The molecule has 1 N–H and O–H groups in total. The largest absolute Gasteiger partial charge is 0.303 e. The van der Waals surface area contributed by atoms with E-state index in [0.29, 0.717) is 5.25 Å². The molecular weight excluding hydrogens is 154 g/mol. The zero-order chi connectivity index (χ0) is 8.69. The Morgan fingerprint density at radius 3 is 2.64 bits per heavy atom. The van der Waals surface area contributed by atoms with E-state index >= 15 is 0 Å². The molecule has 0 amide bonds. The molecule has 0 aliphatic rings. The number of nitrogens with one attached hydrogen (secondary N) is 1. The first kappa shape index (κ1) is 10.9. The van der Waals surface area contributed by atoms with Crippen LogP contribution in [0.5, 0.6) is 0 Å². The highest BCUT2D eigenvalue weighted by molar-refractivity contribution is 7.99. The molecule has 0 aliphatic carbocycles. The smallest absolute Gasteiger partial charge is 0.0684 e. The highest BCUT2D eigenvalue weighted by Gasteiger charge is 2.02. The van der Waals surface area contributed by atoms with Crippen molar-refractivity contribution < 1.29 is 0 Å². The number of hydrogen-bond donors (Lipinski definition) is 1. The van der Waals surface area contributed by atoms with E-state index in [0.717, 1.165) is 13.0 Å². The van der Waals surface area contributed by atoms with Gasteiger partial charge in [0.2, 0.25) is 0 Å². The summed E-state index contributed by atoms with van der Waals surface area (Å²) >= 11 is 1.86. The fourth-order valence-corrected chi connectivity index (χ4v) is 0.976. The fraction of sp³-hybridized carbons (Fsp3) is 0.778. The quantitative estimate of drug-likeness (QED) is 0.632. The van der Waals surface area contributed by atoms with Crippen molar-refractivity contribution in [3.05, 3.63) is 0 Å². The molecule has 2 unspecified atom stereocenters. The third-order valence-electron chi connectivity index (χ3n) is 1.66. The first-order valence-corrected chi connectivity index (χ1v) is 5.25. The molecule has 0 bridgehead atoms. The first-order valence-electron chi connectivity index (χ1n) is 3.96. The van der Waals surface area contributed by atoms with Gasteiger partial charge in [0, 0.05) is 11.8 Å². The Kier molecular flexibility index (Phi) is 6.49. The summed E-state index contributed by atoms with van der Waals surface area (Å²) in [6, 6.07) is 0.254. The van der Waals surface area contributed by atoms with Crippen LogP contribution in [-0.4, -0.2) is 24.1 Å². The average Bonchev–Trinajstić information content (AvgIpc) is 2.06. The van der Waals surface area contributed by atoms with Crippen molar-refractivity contribution in [2.45, 2.75) is 31.6 Å².